The van der Waals surface area contributed by atoms with E-state index in [1.165, 1.54) is 6.42 Å². The summed E-state index contributed by atoms with van der Waals surface area (Å²) < 4.78 is 0. The van der Waals surface area contributed by atoms with Crippen molar-refractivity contribution in [2.45, 2.75) is 32.4 Å². The van der Waals surface area contributed by atoms with Crippen LogP contribution in [-0.4, -0.2) is 22.4 Å². The Labute approximate surface area is 55.5 Å². The Kier molecular flexibility index (Phi) is 3.59. The summed E-state index contributed by atoms with van der Waals surface area (Å²) in [6.45, 7) is 4.03. The van der Waals surface area contributed by atoms with Crippen LogP contribution < -0.4 is 0 Å². The molecule has 0 fully saturated rings. The van der Waals surface area contributed by atoms with Crippen LogP contribution in [0.5, 0.6) is 0 Å². The Morgan fingerprint density at radius 3 is 2.25 bits per heavy atom. The summed E-state index contributed by atoms with van der Waals surface area (Å²) >= 11 is 0. The van der Waals surface area contributed by atoms with Gasteiger partial charge in [0.25, 0.3) is 0 Å². The van der Waals surface area contributed by atoms with Gasteiger partial charge >= 0.3 is 0 Å². The zero-order valence-corrected chi connectivity index (χ0v) is 7.57. The van der Waals surface area contributed by atoms with E-state index >= 15 is 0 Å². The Morgan fingerprint density at radius 2 is 2.12 bits per heavy atom. The zero-order chi connectivity index (χ0) is 6.62. The first-order chi connectivity index (χ1) is 3.56. The molecule has 0 aromatic carbocycles. The Hall–Kier alpha value is 0.394. The van der Waals surface area contributed by atoms with Gasteiger partial charge in [0.1, 0.15) is 0 Å². The lowest BCUT2D eigenvalue weighted by Gasteiger charge is -2.11. The van der Waals surface area contributed by atoms with Gasteiger partial charge in [-0.2, -0.15) is 0 Å². The zero-order valence-electron chi connectivity index (χ0n) is 5.57. The van der Waals surface area contributed by atoms with Crippen LogP contribution in [0.15, 0.2) is 0 Å². The van der Waals surface area contributed by atoms with E-state index in [1.54, 1.807) is 0 Å². The molecule has 0 bridgehead atoms. The normalized spacial score (nSPS) is 18.0. The molecule has 0 aliphatic heterocycles. The first-order valence-electron chi connectivity index (χ1n) is 3.03. The maximum absolute atomic E-state index is 9.20. The molecule has 0 spiro atoms. The standard InChI is InChI=1S/C5H13OSi2/c1-3-4-5-8(2,6)7/h6H,3-5H2,1-2H3. The highest BCUT2D eigenvalue weighted by Gasteiger charge is 2.14. The summed E-state index contributed by atoms with van der Waals surface area (Å²) in [6.07, 6.45) is 2.32. The monoisotopic (exact) mass is 145 g/mol. The Bertz CT molecular complexity index is 57.9. The highest BCUT2D eigenvalue weighted by atomic mass is 29.2. The minimum atomic E-state index is -1.87. The fraction of sp³-hybridized carbons (Fsp3) is 1.00. The molecule has 0 rings (SSSR count). The van der Waals surface area contributed by atoms with Crippen molar-refractivity contribution < 1.29 is 4.80 Å². The van der Waals surface area contributed by atoms with Crippen molar-refractivity contribution in [3.63, 3.8) is 0 Å². The largest absolute Gasteiger partial charge is 0.435 e. The second-order valence-corrected chi connectivity index (χ2v) is 8.66. The molecular weight excluding hydrogens is 132 g/mol. The van der Waals surface area contributed by atoms with E-state index in [-0.39, 0.29) is 0 Å². The summed E-state index contributed by atoms with van der Waals surface area (Å²) in [4.78, 5) is 9.20. The average molecular weight is 145 g/mol. The molecule has 0 aromatic rings. The highest BCUT2D eigenvalue weighted by Crippen LogP contribution is 2.04. The molecule has 1 atom stereocenters. The van der Waals surface area contributed by atoms with E-state index in [1.807, 2.05) is 6.55 Å². The molecule has 0 saturated heterocycles. The maximum Gasteiger partial charge on any atom is 0.163 e. The molecule has 0 heterocycles. The van der Waals surface area contributed by atoms with Crippen LogP contribution in [0.2, 0.25) is 12.6 Å². The number of rotatable bonds is 3. The molecule has 3 radical (unpaired) electrons. The van der Waals surface area contributed by atoms with Crippen molar-refractivity contribution in [3.05, 3.63) is 0 Å². The van der Waals surface area contributed by atoms with Crippen LogP contribution >= 0.6 is 0 Å². The lowest BCUT2D eigenvalue weighted by molar-refractivity contribution is 0.560. The molecule has 3 heteroatoms. The molecule has 0 amide bonds. The molecular formula is C5H13OSi2. The van der Waals surface area contributed by atoms with E-state index in [0.29, 0.717) is 0 Å². The SMILES string of the molecule is CCCC[Si](C)(O)[Si]. The van der Waals surface area contributed by atoms with Gasteiger partial charge in [0.2, 0.25) is 0 Å². The van der Waals surface area contributed by atoms with Crippen molar-refractivity contribution in [2.24, 2.45) is 0 Å². The first kappa shape index (κ1) is 8.39. The van der Waals surface area contributed by atoms with Gasteiger partial charge in [0.15, 0.2) is 7.83 Å². The molecule has 1 N–H and O–H groups in total. The molecule has 0 aromatic heterocycles. The molecule has 1 unspecified atom stereocenters. The molecule has 47 valence electrons. The van der Waals surface area contributed by atoms with Crippen LogP contribution in [0.1, 0.15) is 19.8 Å². The smallest absolute Gasteiger partial charge is 0.163 e. The number of unbranched alkanes of at least 4 members (excludes halogenated alkanes) is 1. The van der Waals surface area contributed by atoms with Gasteiger partial charge in [0, 0.05) is 0 Å². The van der Waals surface area contributed by atoms with Gasteiger partial charge < -0.3 is 4.80 Å². The summed E-state index contributed by atoms with van der Waals surface area (Å²) in [5.74, 6) is 0. The third-order valence-corrected chi connectivity index (χ3v) is 3.09. The van der Waals surface area contributed by atoms with E-state index < -0.39 is 7.83 Å². The van der Waals surface area contributed by atoms with Gasteiger partial charge in [-0.05, 0) is 12.6 Å². The van der Waals surface area contributed by atoms with Crippen molar-refractivity contribution >= 4 is 17.6 Å². The molecule has 0 aliphatic rings. The second-order valence-electron chi connectivity index (χ2n) is 2.38. The van der Waals surface area contributed by atoms with Crippen molar-refractivity contribution in [1.29, 1.82) is 0 Å². The Morgan fingerprint density at radius 1 is 1.62 bits per heavy atom. The number of hydrogen-bond donors (Lipinski definition) is 1. The van der Waals surface area contributed by atoms with Crippen molar-refractivity contribution in [2.75, 3.05) is 0 Å². The lowest BCUT2D eigenvalue weighted by Crippen LogP contribution is -2.30. The van der Waals surface area contributed by atoms with Crippen LogP contribution in [0, 0.1) is 0 Å². The van der Waals surface area contributed by atoms with Gasteiger partial charge in [-0.25, -0.2) is 0 Å². The topological polar surface area (TPSA) is 20.2 Å². The second kappa shape index (κ2) is 3.43. The average Bonchev–Trinajstić information content (AvgIpc) is 1.59. The molecule has 0 aliphatic carbocycles. The molecule has 8 heavy (non-hydrogen) atoms. The quantitative estimate of drug-likeness (QED) is 0.588. The Balaban J connectivity index is 3.11. The lowest BCUT2D eigenvalue weighted by atomic mass is 10.4. The third-order valence-electron chi connectivity index (χ3n) is 1.02. The minimum Gasteiger partial charge on any atom is -0.435 e. The van der Waals surface area contributed by atoms with E-state index in [4.69, 9.17) is 0 Å². The van der Waals surface area contributed by atoms with Gasteiger partial charge in [-0.1, -0.05) is 19.8 Å². The van der Waals surface area contributed by atoms with E-state index in [2.05, 4.69) is 16.7 Å². The van der Waals surface area contributed by atoms with Gasteiger partial charge in [-0.3, -0.25) is 0 Å². The summed E-state index contributed by atoms with van der Waals surface area (Å²) in [5, 5.41) is 0. The van der Waals surface area contributed by atoms with Gasteiger partial charge in [-0.15, -0.1) is 0 Å². The fourth-order valence-electron chi connectivity index (χ4n) is 0.521. The van der Waals surface area contributed by atoms with E-state index in [0.717, 1.165) is 12.5 Å². The molecule has 1 nitrogen and oxygen atoms in total. The van der Waals surface area contributed by atoms with Crippen LogP contribution in [0.3, 0.4) is 0 Å². The summed E-state index contributed by atoms with van der Waals surface area (Å²) in [6, 6.07) is 0.973. The highest BCUT2D eigenvalue weighted by molar-refractivity contribution is 7.11. The third kappa shape index (κ3) is 6.39. The predicted molar refractivity (Wildman–Crippen MR) is 39.3 cm³/mol. The van der Waals surface area contributed by atoms with Crippen LogP contribution in [0.4, 0.5) is 0 Å². The minimum absolute atomic E-state index is 0.973. The van der Waals surface area contributed by atoms with Crippen molar-refractivity contribution in [3.8, 4) is 0 Å². The van der Waals surface area contributed by atoms with Gasteiger partial charge in [0.05, 0.1) is 9.76 Å². The maximum atomic E-state index is 9.20. The van der Waals surface area contributed by atoms with Crippen LogP contribution in [-0.2, 0) is 0 Å². The molecule has 0 saturated carbocycles. The van der Waals surface area contributed by atoms with Crippen molar-refractivity contribution in [1.82, 2.24) is 0 Å². The number of hydrogen-bond acceptors (Lipinski definition) is 1. The fourth-order valence-corrected chi connectivity index (χ4v) is 2.09. The summed E-state index contributed by atoms with van der Waals surface area (Å²) in [7, 11) is 1.45. The summed E-state index contributed by atoms with van der Waals surface area (Å²) in [5.41, 5.74) is 0. The predicted octanol–water partition coefficient (Wildman–Crippen LogP) is 1.02. The van der Waals surface area contributed by atoms with Crippen LogP contribution in [0.25, 0.3) is 0 Å². The first-order valence-corrected chi connectivity index (χ1v) is 7.19. The van der Waals surface area contributed by atoms with E-state index in [9.17, 15) is 4.80 Å².